The monoisotopic (exact) mass is 630 g/mol. The first-order valence-electron chi connectivity index (χ1n) is 15.9. The Kier molecular flexibility index (Phi) is 11.1. The number of rotatable bonds is 11. The lowest BCUT2D eigenvalue weighted by atomic mass is 9.97. The smallest absolute Gasteiger partial charge is 0.251 e. The molecule has 3 heterocycles. The van der Waals surface area contributed by atoms with Gasteiger partial charge in [0.15, 0.2) is 0 Å². The lowest BCUT2D eigenvalue weighted by Gasteiger charge is -2.43. The van der Waals surface area contributed by atoms with Crippen LogP contribution in [0.5, 0.6) is 0 Å². The number of amides is 2. The largest absolute Gasteiger partial charge is 0.390 e. The van der Waals surface area contributed by atoms with Gasteiger partial charge in [-0.05, 0) is 75.1 Å². The summed E-state index contributed by atoms with van der Waals surface area (Å²) in [5, 5.41) is 21.5. The fraction of sp³-hybridized carbons (Fsp3) is 0.457. The van der Waals surface area contributed by atoms with Crippen molar-refractivity contribution in [2.75, 3.05) is 43.8 Å². The molecule has 9 nitrogen and oxygen atoms in total. The number of nitrogens with one attached hydrogen (secondary N) is 3. The first kappa shape index (κ1) is 32.9. The number of anilines is 1. The van der Waals surface area contributed by atoms with Crippen molar-refractivity contribution in [2.24, 2.45) is 0 Å². The Labute approximate surface area is 271 Å². The zero-order valence-electron chi connectivity index (χ0n) is 26.5. The number of benzene rings is 2. The Balaban J connectivity index is 1.33. The van der Waals surface area contributed by atoms with Gasteiger partial charge in [-0.2, -0.15) is 0 Å². The van der Waals surface area contributed by atoms with Crippen molar-refractivity contribution in [2.45, 2.75) is 68.8 Å². The van der Waals surface area contributed by atoms with Gasteiger partial charge in [0.2, 0.25) is 5.91 Å². The van der Waals surface area contributed by atoms with Gasteiger partial charge in [-0.1, -0.05) is 30.3 Å². The third-order valence-electron chi connectivity index (χ3n) is 8.22. The molecule has 0 saturated carbocycles. The number of fused-ring (bicyclic) bond motifs is 1. The Hall–Kier alpha value is -3.44. The van der Waals surface area contributed by atoms with Crippen LogP contribution < -0.4 is 16.0 Å². The summed E-state index contributed by atoms with van der Waals surface area (Å²) >= 11 is 1.60. The molecular formula is C35H46N6O3S. The molecule has 0 unspecified atom stereocenters. The van der Waals surface area contributed by atoms with E-state index in [1.165, 1.54) is 0 Å². The summed E-state index contributed by atoms with van der Waals surface area (Å²) < 4.78 is 0. The van der Waals surface area contributed by atoms with E-state index in [0.717, 1.165) is 47.6 Å². The van der Waals surface area contributed by atoms with Gasteiger partial charge in [-0.15, -0.1) is 11.8 Å². The fourth-order valence-electron chi connectivity index (χ4n) is 5.98. The summed E-state index contributed by atoms with van der Waals surface area (Å²) in [4.78, 5) is 37.0. The molecule has 1 fully saturated rings. The highest BCUT2D eigenvalue weighted by atomic mass is 32.2. The fourth-order valence-corrected chi connectivity index (χ4v) is 7.01. The molecule has 0 bridgehead atoms. The van der Waals surface area contributed by atoms with Crippen molar-refractivity contribution in [3.8, 4) is 0 Å². The maximum Gasteiger partial charge on any atom is 0.251 e. The highest BCUT2D eigenvalue weighted by molar-refractivity contribution is 7.99. The van der Waals surface area contributed by atoms with E-state index >= 15 is 0 Å². The highest BCUT2D eigenvalue weighted by Gasteiger charge is 2.36. The number of aromatic nitrogens is 1. The van der Waals surface area contributed by atoms with E-state index in [2.05, 4.69) is 30.7 Å². The summed E-state index contributed by atoms with van der Waals surface area (Å²) in [6.45, 7) is 9.68. The van der Waals surface area contributed by atoms with Crippen LogP contribution in [-0.4, -0.2) is 93.9 Å². The second-order valence-corrected chi connectivity index (χ2v) is 14.1. The predicted octanol–water partition coefficient (Wildman–Crippen LogP) is 3.79. The number of carbonyl (C=O) groups is 2. The van der Waals surface area contributed by atoms with Crippen LogP contribution in [0.25, 0.3) is 0 Å². The first-order chi connectivity index (χ1) is 21.7. The molecule has 1 saturated heterocycles. The average molecular weight is 631 g/mol. The van der Waals surface area contributed by atoms with Crippen molar-refractivity contribution in [1.82, 2.24) is 25.4 Å². The standard InChI is InChI=1S/C35H46N6O3S/c1-35(2,3)39-34(44)31-22-40(21-25-10-8-16-36-20-25)18-19-41(31)23-32(42)30(24-45-26-11-5-4-6-12-26)38-33(43)28-13-7-15-29-27(28)14-9-17-37-29/h4-8,10-13,15-16,20,30-32,37,42H,9,14,17-19,21-24H2,1-3H3,(H,38,43)(H,39,44)/t30-,31+,32+/m1/s1. The number of carbonyl (C=O) groups excluding carboxylic acids is 2. The lowest BCUT2D eigenvalue weighted by molar-refractivity contribution is -0.131. The Morgan fingerprint density at radius 2 is 1.91 bits per heavy atom. The number of thioether (sulfide) groups is 1. The zero-order chi connectivity index (χ0) is 31.8. The van der Waals surface area contributed by atoms with E-state index in [-0.39, 0.29) is 23.9 Å². The number of aliphatic hydroxyl groups is 1. The van der Waals surface area contributed by atoms with Gasteiger partial charge in [0.1, 0.15) is 6.04 Å². The van der Waals surface area contributed by atoms with Crippen molar-refractivity contribution < 1.29 is 14.7 Å². The minimum atomic E-state index is -0.891. The Morgan fingerprint density at radius 3 is 2.67 bits per heavy atom. The molecule has 3 atom stereocenters. The van der Waals surface area contributed by atoms with Crippen LogP contribution in [0.4, 0.5) is 5.69 Å². The number of hydrogen-bond acceptors (Lipinski definition) is 8. The maximum atomic E-state index is 13.7. The Morgan fingerprint density at radius 1 is 1.09 bits per heavy atom. The summed E-state index contributed by atoms with van der Waals surface area (Å²) in [5.74, 6) is 0.245. The van der Waals surface area contributed by atoms with Crippen LogP contribution in [0.2, 0.25) is 0 Å². The van der Waals surface area contributed by atoms with Gasteiger partial charge in [0.05, 0.1) is 12.1 Å². The third kappa shape index (κ3) is 9.29. The molecule has 2 aliphatic rings. The third-order valence-corrected chi connectivity index (χ3v) is 9.35. The second-order valence-electron chi connectivity index (χ2n) is 13.0. The van der Waals surface area contributed by atoms with Crippen LogP contribution >= 0.6 is 11.8 Å². The molecule has 3 aromatic rings. The summed E-state index contributed by atoms with van der Waals surface area (Å²) in [6, 6.07) is 18.8. The van der Waals surface area contributed by atoms with Gasteiger partial charge in [-0.3, -0.25) is 24.4 Å². The molecule has 2 amide bonds. The van der Waals surface area contributed by atoms with Gasteiger partial charge < -0.3 is 21.1 Å². The second kappa shape index (κ2) is 15.2. The normalized spacial score (nSPS) is 18.7. The van der Waals surface area contributed by atoms with Crippen LogP contribution in [0.3, 0.4) is 0 Å². The van der Waals surface area contributed by atoms with E-state index in [4.69, 9.17) is 0 Å². The first-order valence-corrected chi connectivity index (χ1v) is 16.8. The van der Waals surface area contributed by atoms with Gasteiger partial charge >= 0.3 is 0 Å². The molecule has 0 spiro atoms. The molecule has 240 valence electrons. The quantitative estimate of drug-likeness (QED) is 0.237. The zero-order valence-corrected chi connectivity index (χ0v) is 27.4. The molecule has 0 radical (unpaired) electrons. The van der Waals surface area contributed by atoms with Crippen LogP contribution in [0.15, 0.2) is 78.0 Å². The molecule has 0 aliphatic carbocycles. The van der Waals surface area contributed by atoms with E-state index in [1.807, 2.05) is 87.6 Å². The molecule has 2 aromatic carbocycles. The molecule has 45 heavy (non-hydrogen) atoms. The van der Waals surface area contributed by atoms with E-state index in [9.17, 15) is 14.7 Å². The molecule has 10 heteroatoms. The van der Waals surface area contributed by atoms with Crippen LogP contribution in [0, 0.1) is 0 Å². The molecule has 4 N–H and O–H groups in total. The highest BCUT2D eigenvalue weighted by Crippen LogP contribution is 2.26. The minimum Gasteiger partial charge on any atom is -0.390 e. The van der Waals surface area contributed by atoms with Gasteiger partial charge in [-0.25, -0.2) is 0 Å². The number of hydrogen-bond donors (Lipinski definition) is 4. The van der Waals surface area contributed by atoms with E-state index in [1.54, 1.807) is 18.0 Å². The summed E-state index contributed by atoms with van der Waals surface area (Å²) in [7, 11) is 0. The number of β-amino-alcohol motifs (C(OH)–C–C–N with tert-alkyl or cyclic N) is 1. The molecule has 5 rings (SSSR count). The van der Waals surface area contributed by atoms with Crippen molar-refractivity contribution in [3.05, 3.63) is 89.7 Å². The summed E-state index contributed by atoms with van der Waals surface area (Å²) in [5.41, 5.74) is 3.38. The SMILES string of the molecule is CC(C)(C)NC(=O)[C@@H]1CN(Cc2cccnc2)CCN1C[C@H](O)[C@@H](CSc1ccccc1)NC(=O)c1cccc2c1CCCN2. The number of pyridine rings is 1. The lowest BCUT2D eigenvalue weighted by Crippen LogP contribution is -2.63. The van der Waals surface area contributed by atoms with Crippen LogP contribution in [-0.2, 0) is 17.8 Å². The topological polar surface area (TPSA) is 110 Å². The van der Waals surface area contributed by atoms with E-state index < -0.39 is 18.2 Å². The Bertz CT molecular complexity index is 1420. The molecule has 1 aromatic heterocycles. The number of piperazine rings is 1. The van der Waals surface area contributed by atoms with Crippen molar-refractivity contribution in [1.29, 1.82) is 0 Å². The van der Waals surface area contributed by atoms with Gasteiger partial charge in [0, 0.05) is 79.1 Å². The number of aliphatic hydroxyl groups excluding tert-OH is 1. The van der Waals surface area contributed by atoms with Crippen molar-refractivity contribution in [3.63, 3.8) is 0 Å². The number of nitrogens with zero attached hydrogens (tertiary/aromatic N) is 3. The summed E-state index contributed by atoms with van der Waals surface area (Å²) in [6.07, 6.45) is 4.54. The van der Waals surface area contributed by atoms with Crippen molar-refractivity contribution >= 4 is 29.3 Å². The molecular weight excluding hydrogens is 584 g/mol. The van der Waals surface area contributed by atoms with Gasteiger partial charge in [0.25, 0.3) is 5.91 Å². The predicted molar refractivity (Wildman–Crippen MR) is 180 cm³/mol. The maximum absolute atomic E-state index is 13.7. The molecule has 2 aliphatic heterocycles. The van der Waals surface area contributed by atoms with E-state index in [0.29, 0.717) is 31.0 Å². The van der Waals surface area contributed by atoms with Crippen LogP contribution in [0.1, 0.15) is 48.7 Å². The minimum absolute atomic E-state index is 0.0618. The average Bonchev–Trinajstić information content (AvgIpc) is 3.03.